The Hall–Kier alpha value is -3.13. The molecule has 5 heteroatoms. The number of nitrogens with zero attached hydrogens (tertiary/aromatic N) is 1. The number of aromatic nitrogens is 1. The number of rotatable bonds is 3. The SMILES string of the molecule is N#Cc1cc(F)ccc1Cc1c[nH]c2cccc(C(=O)O)c12. The molecule has 3 aromatic rings. The van der Waals surface area contributed by atoms with Gasteiger partial charge in [-0.2, -0.15) is 5.26 Å². The summed E-state index contributed by atoms with van der Waals surface area (Å²) in [6, 6.07) is 11.0. The smallest absolute Gasteiger partial charge is 0.336 e. The van der Waals surface area contributed by atoms with Crippen molar-refractivity contribution in [3.05, 3.63) is 70.7 Å². The summed E-state index contributed by atoms with van der Waals surface area (Å²) in [4.78, 5) is 14.4. The van der Waals surface area contributed by atoms with Gasteiger partial charge in [0.05, 0.1) is 17.2 Å². The van der Waals surface area contributed by atoms with Crippen LogP contribution in [0.5, 0.6) is 0 Å². The quantitative estimate of drug-likeness (QED) is 0.776. The standard InChI is InChI=1S/C17H11FN2O2/c18-13-5-4-10(11(7-13)8-19)6-12-9-20-15-3-1-2-14(16(12)15)17(21)22/h1-5,7,9,20H,6H2,(H,21,22). The van der Waals surface area contributed by atoms with Gasteiger partial charge in [-0.05, 0) is 35.4 Å². The second-order valence-electron chi connectivity index (χ2n) is 4.94. The van der Waals surface area contributed by atoms with Crippen molar-refractivity contribution in [2.75, 3.05) is 0 Å². The van der Waals surface area contributed by atoms with Gasteiger partial charge in [0, 0.05) is 23.5 Å². The highest BCUT2D eigenvalue weighted by molar-refractivity contribution is 6.04. The van der Waals surface area contributed by atoms with Gasteiger partial charge in [-0.3, -0.25) is 0 Å². The number of carbonyl (C=O) groups is 1. The van der Waals surface area contributed by atoms with E-state index in [9.17, 15) is 14.3 Å². The Morgan fingerprint density at radius 3 is 2.82 bits per heavy atom. The number of hydrogen-bond acceptors (Lipinski definition) is 2. The van der Waals surface area contributed by atoms with Crippen LogP contribution in [0.2, 0.25) is 0 Å². The number of carboxylic acid groups (broad SMARTS) is 1. The Labute approximate surface area is 125 Å². The van der Waals surface area contributed by atoms with Crippen molar-refractivity contribution < 1.29 is 14.3 Å². The number of aromatic carboxylic acids is 1. The summed E-state index contributed by atoms with van der Waals surface area (Å²) in [6.07, 6.45) is 2.08. The van der Waals surface area contributed by atoms with Crippen molar-refractivity contribution in [1.82, 2.24) is 4.98 Å². The van der Waals surface area contributed by atoms with E-state index in [4.69, 9.17) is 5.26 Å². The number of aromatic amines is 1. The topological polar surface area (TPSA) is 76.9 Å². The molecule has 3 rings (SSSR count). The molecule has 4 nitrogen and oxygen atoms in total. The molecule has 22 heavy (non-hydrogen) atoms. The summed E-state index contributed by atoms with van der Waals surface area (Å²) in [5, 5.41) is 19.0. The van der Waals surface area contributed by atoms with Crippen LogP contribution in [0.25, 0.3) is 10.9 Å². The summed E-state index contributed by atoms with van der Waals surface area (Å²) in [5.74, 6) is -1.48. The molecule has 0 fully saturated rings. The molecule has 0 saturated carbocycles. The van der Waals surface area contributed by atoms with Gasteiger partial charge in [0.25, 0.3) is 0 Å². The van der Waals surface area contributed by atoms with Crippen LogP contribution in [0.1, 0.15) is 27.0 Å². The lowest BCUT2D eigenvalue weighted by Gasteiger charge is -2.05. The molecule has 1 heterocycles. The molecule has 2 aromatic carbocycles. The van der Waals surface area contributed by atoms with Gasteiger partial charge >= 0.3 is 5.97 Å². The molecule has 0 amide bonds. The van der Waals surface area contributed by atoms with Crippen LogP contribution in [0.15, 0.2) is 42.6 Å². The largest absolute Gasteiger partial charge is 0.478 e. The summed E-state index contributed by atoms with van der Waals surface area (Å²) in [5.41, 5.74) is 2.59. The van der Waals surface area contributed by atoms with E-state index in [2.05, 4.69) is 4.98 Å². The Bertz CT molecular complexity index is 922. The zero-order valence-corrected chi connectivity index (χ0v) is 11.4. The van der Waals surface area contributed by atoms with E-state index in [1.54, 1.807) is 24.4 Å². The Morgan fingerprint density at radius 1 is 1.27 bits per heavy atom. The average molecular weight is 294 g/mol. The minimum atomic E-state index is -1.01. The van der Waals surface area contributed by atoms with E-state index in [1.165, 1.54) is 18.2 Å². The van der Waals surface area contributed by atoms with Crippen molar-refractivity contribution >= 4 is 16.9 Å². The molecule has 0 aliphatic heterocycles. The highest BCUT2D eigenvalue weighted by Crippen LogP contribution is 2.26. The maximum absolute atomic E-state index is 13.2. The first kappa shape index (κ1) is 13.8. The minimum Gasteiger partial charge on any atom is -0.478 e. The Morgan fingerprint density at radius 2 is 2.09 bits per heavy atom. The summed E-state index contributed by atoms with van der Waals surface area (Å²) in [7, 11) is 0. The van der Waals surface area contributed by atoms with Gasteiger partial charge in [-0.1, -0.05) is 12.1 Å². The molecule has 0 bridgehead atoms. The number of hydrogen-bond donors (Lipinski definition) is 2. The fourth-order valence-electron chi connectivity index (χ4n) is 2.59. The monoisotopic (exact) mass is 294 g/mol. The molecule has 108 valence electrons. The molecule has 0 radical (unpaired) electrons. The van der Waals surface area contributed by atoms with Gasteiger partial charge in [0.15, 0.2) is 0 Å². The van der Waals surface area contributed by atoms with E-state index in [0.29, 0.717) is 17.4 Å². The maximum Gasteiger partial charge on any atom is 0.336 e. The second-order valence-corrected chi connectivity index (χ2v) is 4.94. The van der Waals surface area contributed by atoms with E-state index < -0.39 is 11.8 Å². The van der Waals surface area contributed by atoms with Gasteiger partial charge in [-0.25, -0.2) is 9.18 Å². The van der Waals surface area contributed by atoms with Crippen LogP contribution in [0.4, 0.5) is 4.39 Å². The third kappa shape index (κ3) is 2.31. The first-order valence-corrected chi connectivity index (χ1v) is 6.61. The van der Waals surface area contributed by atoms with Crippen molar-refractivity contribution in [1.29, 1.82) is 5.26 Å². The van der Waals surface area contributed by atoms with Crippen LogP contribution in [0, 0.1) is 17.1 Å². The lowest BCUT2D eigenvalue weighted by atomic mass is 9.98. The normalized spacial score (nSPS) is 10.5. The highest BCUT2D eigenvalue weighted by Gasteiger charge is 2.15. The zero-order chi connectivity index (χ0) is 15.7. The van der Waals surface area contributed by atoms with Gasteiger partial charge in [-0.15, -0.1) is 0 Å². The van der Waals surface area contributed by atoms with Crippen LogP contribution in [-0.4, -0.2) is 16.1 Å². The van der Waals surface area contributed by atoms with E-state index in [1.807, 2.05) is 6.07 Å². The molecule has 0 spiro atoms. The molecule has 0 aliphatic carbocycles. The first-order valence-electron chi connectivity index (χ1n) is 6.61. The number of benzene rings is 2. The number of fused-ring (bicyclic) bond motifs is 1. The van der Waals surface area contributed by atoms with E-state index in [-0.39, 0.29) is 11.1 Å². The first-order chi connectivity index (χ1) is 10.6. The molecule has 0 atom stereocenters. The molecule has 0 aliphatic rings. The van der Waals surface area contributed by atoms with Crippen molar-refractivity contribution in [2.24, 2.45) is 0 Å². The van der Waals surface area contributed by atoms with Crippen LogP contribution < -0.4 is 0 Å². The molecule has 0 unspecified atom stereocenters. The fraction of sp³-hybridized carbons (Fsp3) is 0.0588. The Kier molecular flexibility index (Phi) is 3.36. The van der Waals surface area contributed by atoms with Crippen molar-refractivity contribution in [2.45, 2.75) is 6.42 Å². The Balaban J connectivity index is 2.13. The predicted octanol–water partition coefficient (Wildman–Crippen LogP) is 3.47. The van der Waals surface area contributed by atoms with Crippen LogP contribution in [0.3, 0.4) is 0 Å². The molecule has 2 N–H and O–H groups in total. The third-order valence-electron chi connectivity index (χ3n) is 3.59. The lowest BCUT2D eigenvalue weighted by Crippen LogP contribution is -1.99. The maximum atomic E-state index is 13.2. The van der Waals surface area contributed by atoms with Gasteiger partial charge < -0.3 is 10.1 Å². The van der Waals surface area contributed by atoms with Crippen LogP contribution in [-0.2, 0) is 6.42 Å². The highest BCUT2D eigenvalue weighted by atomic mass is 19.1. The third-order valence-corrected chi connectivity index (χ3v) is 3.59. The predicted molar refractivity (Wildman–Crippen MR) is 79.2 cm³/mol. The van der Waals surface area contributed by atoms with Gasteiger partial charge in [0.2, 0.25) is 0 Å². The summed E-state index contributed by atoms with van der Waals surface area (Å²) < 4.78 is 13.2. The average Bonchev–Trinajstić information content (AvgIpc) is 2.92. The molecular weight excluding hydrogens is 283 g/mol. The molecule has 1 aromatic heterocycles. The van der Waals surface area contributed by atoms with Crippen molar-refractivity contribution in [3.8, 4) is 6.07 Å². The number of halogens is 1. The molecular formula is C17H11FN2O2. The second kappa shape index (κ2) is 5.34. The van der Waals surface area contributed by atoms with E-state index in [0.717, 1.165) is 11.1 Å². The summed E-state index contributed by atoms with van der Waals surface area (Å²) >= 11 is 0. The van der Waals surface area contributed by atoms with Gasteiger partial charge in [0.1, 0.15) is 5.82 Å². The minimum absolute atomic E-state index is 0.203. The van der Waals surface area contributed by atoms with Crippen LogP contribution >= 0.6 is 0 Å². The van der Waals surface area contributed by atoms with Crippen molar-refractivity contribution in [3.63, 3.8) is 0 Å². The fourth-order valence-corrected chi connectivity index (χ4v) is 2.59. The summed E-state index contributed by atoms with van der Waals surface area (Å²) in [6.45, 7) is 0. The number of carboxylic acids is 1. The number of nitriles is 1. The number of H-pyrrole nitrogens is 1. The number of nitrogens with one attached hydrogen (secondary N) is 1. The lowest BCUT2D eigenvalue weighted by molar-refractivity contribution is 0.0699. The van der Waals surface area contributed by atoms with E-state index >= 15 is 0 Å². The molecule has 0 saturated heterocycles. The zero-order valence-electron chi connectivity index (χ0n) is 11.4.